The average Bonchev–Trinajstić information content (AvgIpc) is 3.23. The summed E-state index contributed by atoms with van der Waals surface area (Å²) in [6.45, 7) is 1.48. The minimum absolute atomic E-state index is 0.0365. The second kappa shape index (κ2) is 7.55. The number of hydrogen-bond acceptors (Lipinski definition) is 3. The van der Waals surface area contributed by atoms with E-state index in [-0.39, 0.29) is 45.4 Å². The van der Waals surface area contributed by atoms with Crippen LogP contribution in [0.4, 0.5) is 13.2 Å². The zero-order valence-corrected chi connectivity index (χ0v) is 17.5. The topological polar surface area (TPSA) is 55.5 Å². The molecule has 0 aliphatic carbocycles. The van der Waals surface area contributed by atoms with Gasteiger partial charge in [0.1, 0.15) is 5.76 Å². The first-order chi connectivity index (χ1) is 15.2. The van der Waals surface area contributed by atoms with Gasteiger partial charge < -0.3 is 13.9 Å². The lowest BCUT2D eigenvalue weighted by molar-refractivity contribution is -0.137. The number of benzene rings is 1. The molecule has 2 aliphatic rings. The summed E-state index contributed by atoms with van der Waals surface area (Å²) < 4.78 is 46.7. The molecule has 1 aromatic carbocycles. The molecule has 0 unspecified atom stereocenters. The van der Waals surface area contributed by atoms with Gasteiger partial charge in [0.15, 0.2) is 5.76 Å². The summed E-state index contributed by atoms with van der Waals surface area (Å²) in [4.78, 5) is 27.0. The van der Waals surface area contributed by atoms with E-state index in [0.29, 0.717) is 19.6 Å². The van der Waals surface area contributed by atoms with Gasteiger partial charge in [0.25, 0.3) is 11.5 Å². The molecule has 9 heteroatoms. The molecule has 5 rings (SSSR count). The number of piperidine rings is 1. The molecule has 1 amide bonds. The van der Waals surface area contributed by atoms with Crippen LogP contribution < -0.4 is 5.56 Å². The number of amides is 1. The van der Waals surface area contributed by atoms with Crippen molar-refractivity contribution in [2.24, 2.45) is 5.92 Å². The van der Waals surface area contributed by atoms with E-state index in [1.807, 2.05) is 6.07 Å². The maximum absolute atomic E-state index is 13.1. The molecule has 1 saturated heterocycles. The summed E-state index contributed by atoms with van der Waals surface area (Å²) in [5.74, 6) is 0.00331. The van der Waals surface area contributed by atoms with Crippen molar-refractivity contribution in [3.05, 3.63) is 80.9 Å². The van der Waals surface area contributed by atoms with E-state index in [1.165, 1.54) is 18.2 Å². The Hall–Kier alpha value is -3.00. The van der Waals surface area contributed by atoms with Gasteiger partial charge in [0.05, 0.1) is 10.6 Å². The summed E-state index contributed by atoms with van der Waals surface area (Å²) in [5, 5.41) is 0.0981. The van der Waals surface area contributed by atoms with E-state index in [2.05, 4.69) is 0 Å². The number of pyridine rings is 1. The lowest BCUT2D eigenvalue weighted by Gasteiger charge is -2.42. The third-order valence-electron chi connectivity index (χ3n) is 6.14. The molecule has 2 atom stereocenters. The first-order valence-electron chi connectivity index (χ1n) is 10.2. The van der Waals surface area contributed by atoms with Crippen molar-refractivity contribution in [1.29, 1.82) is 0 Å². The number of rotatable bonds is 2. The van der Waals surface area contributed by atoms with Gasteiger partial charge in [-0.3, -0.25) is 9.59 Å². The molecule has 5 nitrogen and oxygen atoms in total. The number of furan rings is 1. The molecule has 2 bridgehead atoms. The highest BCUT2D eigenvalue weighted by molar-refractivity contribution is 6.33. The zero-order chi connectivity index (χ0) is 22.6. The Bertz CT molecular complexity index is 1260. The van der Waals surface area contributed by atoms with Gasteiger partial charge in [-0.1, -0.05) is 17.7 Å². The second-order valence-corrected chi connectivity index (χ2v) is 8.67. The van der Waals surface area contributed by atoms with Crippen LogP contribution in [0.1, 0.15) is 34.2 Å². The molecule has 0 radical (unpaired) electrons. The SMILES string of the molecule is O=C(c1ccc(-c2cc(C(F)(F)F)ccc2Cl)o1)N1C[C@@H]2C[C@@H](C1)c1cccc(=O)n1C2. The van der Waals surface area contributed by atoms with E-state index >= 15 is 0 Å². The first kappa shape index (κ1) is 20.9. The molecule has 32 heavy (non-hydrogen) atoms. The Labute approximate surface area is 186 Å². The molecule has 2 aromatic heterocycles. The molecule has 2 aliphatic heterocycles. The predicted octanol–water partition coefficient (Wildman–Crippen LogP) is 5.04. The van der Waals surface area contributed by atoms with Crippen LogP contribution in [0, 0.1) is 5.92 Å². The Balaban J connectivity index is 1.40. The van der Waals surface area contributed by atoms with Gasteiger partial charge in [-0.05, 0) is 48.7 Å². The number of alkyl halides is 3. The quantitative estimate of drug-likeness (QED) is 0.536. The number of carbonyl (C=O) groups is 1. The van der Waals surface area contributed by atoms with Crippen molar-refractivity contribution in [1.82, 2.24) is 9.47 Å². The largest absolute Gasteiger partial charge is 0.451 e. The summed E-state index contributed by atoms with van der Waals surface area (Å²) in [6, 6.07) is 11.1. The maximum atomic E-state index is 13.1. The normalized spacial score (nSPS) is 20.2. The highest BCUT2D eigenvalue weighted by Crippen LogP contribution is 2.38. The molecular formula is C23H18ClF3N2O3. The van der Waals surface area contributed by atoms with Gasteiger partial charge in [-0.25, -0.2) is 0 Å². The van der Waals surface area contributed by atoms with Crippen molar-refractivity contribution >= 4 is 17.5 Å². The number of carbonyl (C=O) groups excluding carboxylic acids is 1. The molecule has 0 saturated carbocycles. The van der Waals surface area contributed by atoms with Gasteiger partial charge in [0, 0.05) is 42.9 Å². The van der Waals surface area contributed by atoms with Crippen LogP contribution in [0.15, 0.2) is 57.7 Å². The number of halogens is 4. The lowest BCUT2D eigenvalue weighted by Crippen LogP contribution is -2.49. The standard InChI is InChI=1S/C23H18ClF3N2O3/c24-17-5-4-15(23(25,26)27)9-16(17)19-6-7-20(32-19)22(31)28-10-13-8-14(12-28)18-2-1-3-21(30)29(18)11-13/h1-7,9,13-14H,8,10-12H2/t13-,14-/m0/s1. The number of hydrogen-bond donors (Lipinski definition) is 0. The van der Waals surface area contributed by atoms with E-state index in [4.69, 9.17) is 16.0 Å². The third kappa shape index (κ3) is 3.62. The van der Waals surface area contributed by atoms with E-state index in [9.17, 15) is 22.8 Å². The first-order valence-corrected chi connectivity index (χ1v) is 10.5. The predicted molar refractivity (Wildman–Crippen MR) is 112 cm³/mol. The van der Waals surface area contributed by atoms with Crippen LogP contribution in [0.25, 0.3) is 11.3 Å². The fraction of sp³-hybridized carbons (Fsp3) is 0.304. The highest BCUT2D eigenvalue weighted by Gasteiger charge is 2.37. The molecule has 3 aromatic rings. The van der Waals surface area contributed by atoms with Crippen LogP contribution in [-0.4, -0.2) is 28.5 Å². The average molecular weight is 463 g/mol. The monoisotopic (exact) mass is 462 g/mol. The summed E-state index contributed by atoms with van der Waals surface area (Å²) in [5.41, 5.74) is 0.107. The minimum atomic E-state index is -4.52. The Kier molecular flexibility index (Phi) is 4.93. The number of fused-ring (bicyclic) bond motifs is 4. The van der Waals surface area contributed by atoms with Gasteiger partial charge in [-0.2, -0.15) is 13.2 Å². The van der Waals surface area contributed by atoms with E-state index in [0.717, 1.165) is 30.3 Å². The smallest absolute Gasteiger partial charge is 0.416 e. The van der Waals surface area contributed by atoms with Crippen molar-refractivity contribution in [2.45, 2.75) is 25.1 Å². The van der Waals surface area contributed by atoms with Gasteiger partial charge >= 0.3 is 6.18 Å². The fourth-order valence-corrected chi connectivity index (χ4v) is 4.92. The van der Waals surface area contributed by atoms with Gasteiger partial charge in [0.2, 0.25) is 0 Å². The number of nitrogens with zero attached hydrogens (tertiary/aromatic N) is 2. The Morgan fingerprint density at radius 1 is 1.06 bits per heavy atom. The van der Waals surface area contributed by atoms with Crippen molar-refractivity contribution < 1.29 is 22.4 Å². The van der Waals surface area contributed by atoms with Crippen molar-refractivity contribution in [3.63, 3.8) is 0 Å². The minimum Gasteiger partial charge on any atom is -0.451 e. The number of likely N-dealkylation sites (tertiary alicyclic amines) is 1. The molecular weight excluding hydrogens is 445 g/mol. The van der Waals surface area contributed by atoms with Crippen LogP contribution in [-0.2, 0) is 12.7 Å². The second-order valence-electron chi connectivity index (χ2n) is 8.26. The fourth-order valence-electron chi connectivity index (χ4n) is 4.71. The zero-order valence-electron chi connectivity index (χ0n) is 16.7. The molecule has 0 spiro atoms. The lowest BCUT2D eigenvalue weighted by atomic mass is 9.83. The highest BCUT2D eigenvalue weighted by atomic mass is 35.5. The van der Waals surface area contributed by atoms with Crippen LogP contribution in [0.3, 0.4) is 0 Å². The summed E-state index contributed by atoms with van der Waals surface area (Å²) in [7, 11) is 0. The Morgan fingerprint density at radius 2 is 1.88 bits per heavy atom. The van der Waals surface area contributed by atoms with E-state index < -0.39 is 11.7 Å². The Morgan fingerprint density at radius 3 is 2.66 bits per heavy atom. The van der Waals surface area contributed by atoms with Crippen LogP contribution in [0.5, 0.6) is 0 Å². The van der Waals surface area contributed by atoms with E-state index in [1.54, 1.807) is 15.5 Å². The van der Waals surface area contributed by atoms with Crippen molar-refractivity contribution in [2.75, 3.05) is 13.1 Å². The molecule has 1 fully saturated rings. The van der Waals surface area contributed by atoms with Crippen molar-refractivity contribution in [3.8, 4) is 11.3 Å². The summed E-state index contributed by atoms with van der Waals surface area (Å²) >= 11 is 6.09. The molecule has 166 valence electrons. The maximum Gasteiger partial charge on any atom is 0.416 e. The summed E-state index contributed by atoms with van der Waals surface area (Å²) in [6.07, 6.45) is -3.62. The third-order valence-corrected chi connectivity index (χ3v) is 6.47. The van der Waals surface area contributed by atoms with Crippen LogP contribution >= 0.6 is 11.6 Å². The number of aromatic nitrogens is 1. The molecule has 0 N–H and O–H groups in total. The van der Waals surface area contributed by atoms with Gasteiger partial charge in [-0.15, -0.1) is 0 Å². The van der Waals surface area contributed by atoms with Crippen LogP contribution in [0.2, 0.25) is 5.02 Å². The molecule has 4 heterocycles.